The summed E-state index contributed by atoms with van der Waals surface area (Å²) in [6.07, 6.45) is 2.48. The average Bonchev–Trinajstić information content (AvgIpc) is 2.74. The SMILES string of the molecule is CC1CCN(Cc2noc3cc(F)ccc23)CC1. The number of hydrogen-bond acceptors (Lipinski definition) is 3. The lowest BCUT2D eigenvalue weighted by atomic mass is 9.99. The standard InChI is InChI=1S/C14H17FN2O/c1-10-4-6-17(7-5-10)9-13-12-3-2-11(15)8-14(12)18-16-13/h2-3,8,10H,4-7,9H2,1H3. The first-order chi connectivity index (χ1) is 8.72. The van der Waals surface area contributed by atoms with Crippen LogP contribution in [0.5, 0.6) is 0 Å². The van der Waals surface area contributed by atoms with Crippen LogP contribution in [0.2, 0.25) is 0 Å². The number of rotatable bonds is 2. The predicted molar refractivity (Wildman–Crippen MR) is 67.6 cm³/mol. The summed E-state index contributed by atoms with van der Waals surface area (Å²) in [6, 6.07) is 4.61. The van der Waals surface area contributed by atoms with E-state index in [1.165, 1.54) is 25.0 Å². The largest absolute Gasteiger partial charge is 0.356 e. The molecule has 18 heavy (non-hydrogen) atoms. The van der Waals surface area contributed by atoms with Gasteiger partial charge >= 0.3 is 0 Å². The molecule has 0 unspecified atom stereocenters. The highest BCUT2D eigenvalue weighted by Crippen LogP contribution is 2.23. The van der Waals surface area contributed by atoms with Crippen LogP contribution in [0.1, 0.15) is 25.5 Å². The summed E-state index contributed by atoms with van der Waals surface area (Å²) in [7, 11) is 0. The van der Waals surface area contributed by atoms with Gasteiger partial charge < -0.3 is 4.52 Å². The fourth-order valence-corrected chi connectivity index (χ4v) is 2.51. The van der Waals surface area contributed by atoms with E-state index in [1.54, 1.807) is 6.07 Å². The zero-order chi connectivity index (χ0) is 12.5. The number of likely N-dealkylation sites (tertiary alicyclic amines) is 1. The minimum atomic E-state index is -0.281. The molecular formula is C14H17FN2O. The van der Waals surface area contributed by atoms with E-state index in [-0.39, 0.29) is 5.82 Å². The molecule has 3 rings (SSSR count). The molecule has 0 aliphatic carbocycles. The molecule has 0 N–H and O–H groups in total. The normalized spacial score (nSPS) is 18.6. The molecule has 0 spiro atoms. The van der Waals surface area contributed by atoms with Crippen LogP contribution in [0, 0.1) is 11.7 Å². The first-order valence-corrected chi connectivity index (χ1v) is 6.48. The Labute approximate surface area is 106 Å². The van der Waals surface area contributed by atoms with Crippen molar-refractivity contribution in [3.63, 3.8) is 0 Å². The Morgan fingerprint density at radius 3 is 2.94 bits per heavy atom. The van der Waals surface area contributed by atoms with Crippen molar-refractivity contribution in [2.45, 2.75) is 26.3 Å². The number of hydrogen-bond donors (Lipinski definition) is 0. The van der Waals surface area contributed by atoms with Crippen LogP contribution in [-0.2, 0) is 6.54 Å². The zero-order valence-electron chi connectivity index (χ0n) is 10.5. The maximum atomic E-state index is 13.0. The van der Waals surface area contributed by atoms with Gasteiger partial charge in [0.05, 0.1) is 0 Å². The fourth-order valence-electron chi connectivity index (χ4n) is 2.51. The lowest BCUT2D eigenvalue weighted by molar-refractivity contribution is 0.182. The molecule has 4 heteroatoms. The van der Waals surface area contributed by atoms with Gasteiger partial charge in [-0.15, -0.1) is 0 Å². The third kappa shape index (κ3) is 2.25. The molecule has 0 atom stereocenters. The Morgan fingerprint density at radius 2 is 2.17 bits per heavy atom. The molecule has 1 aliphatic rings. The molecule has 96 valence electrons. The van der Waals surface area contributed by atoms with Crippen LogP contribution in [0.4, 0.5) is 4.39 Å². The fraction of sp³-hybridized carbons (Fsp3) is 0.500. The van der Waals surface area contributed by atoms with E-state index in [1.807, 2.05) is 0 Å². The molecule has 2 aromatic rings. The highest BCUT2D eigenvalue weighted by Gasteiger charge is 2.18. The number of nitrogens with zero attached hydrogens (tertiary/aromatic N) is 2. The summed E-state index contributed by atoms with van der Waals surface area (Å²) in [5.74, 6) is 0.543. The molecule has 1 aromatic carbocycles. The predicted octanol–water partition coefficient (Wildman–Crippen LogP) is 3.20. The van der Waals surface area contributed by atoms with Gasteiger partial charge in [-0.1, -0.05) is 12.1 Å². The molecule has 1 aromatic heterocycles. The molecule has 0 saturated carbocycles. The molecule has 0 radical (unpaired) electrons. The van der Waals surface area contributed by atoms with Gasteiger partial charge in [-0.3, -0.25) is 4.90 Å². The van der Waals surface area contributed by atoms with Crippen molar-refractivity contribution in [1.82, 2.24) is 10.1 Å². The second kappa shape index (κ2) is 4.69. The monoisotopic (exact) mass is 248 g/mol. The van der Waals surface area contributed by atoms with Gasteiger partial charge in [-0.05, 0) is 44.0 Å². The topological polar surface area (TPSA) is 29.3 Å². The summed E-state index contributed by atoms with van der Waals surface area (Å²) in [5.41, 5.74) is 1.45. The Bertz CT molecular complexity index is 544. The van der Waals surface area contributed by atoms with Crippen molar-refractivity contribution in [2.75, 3.05) is 13.1 Å². The van der Waals surface area contributed by atoms with E-state index in [2.05, 4.69) is 17.0 Å². The van der Waals surface area contributed by atoms with E-state index in [4.69, 9.17) is 4.52 Å². The quantitative estimate of drug-likeness (QED) is 0.817. The second-order valence-electron chi connectivity index (χ2n) is 5.23. The Hall–Kier alpha value is -1.42. The molecule has 1 aliphatic heterocycles. The molecule has 0 bridgehead atoms. The molecule has 1 saturated heterocycles. The lowest BCUT2D eigenvalue weighted by Crippen LogP contribution is -2.32. The van der Waals surface area contributed by atoms with Crippen LogP contribution >= 0.6 is 0 Å². The minimum absolute atomic E-state index is 0.281. The van der Waals surface area contributed by atoms with Crippen LogP contribution in [0.15, 0.2) is 22.7 Å². The molecule has 2 heterocycles. The van der Waals surface area contributed by atoms with Gasteiger partial charge in [0.15, 0.2) is 5.58 Å². The Balaban J connectivity index is 1.78. The summed E-state index contributed by atoms with van der Waals surface area (Å²) < 4.78 is 18.2. The molecule has 0 amide bonds. The number of aromatic nitrogens is 1. The first kappa shape index (κ1) is 11.7. The summed E-state index contributed by atoms with van der Waals surface area (Å²) >= 11 is 0. The maximum absolute atomic E-state index is 13.0. The van der Waals surface area contributed by atoms with E-state index in [9.17, 15) is 4.39 Å². The van der Waals surface area contributed by atoms with Gasteiger partial charge in [0.2, 0.25) is 0 Å². The summed E-state index contributed by atoms with van der Waals surface area (Å²) in [6.45, 7) is 5.31. The molecular weight excluding hydrogens is 231 g/mol. The number of halogens is 1. The lowest BCUT2D eigenvalue weighted by Gasteiger charge is -2.29. The van der Waals surface area contributed by atoms with Gasteiger partial charge in [-0.25, -0.2) is 4.39 Å². The van der Waals surface area contributed by atoms with Crippen LogP contribution in [0.3, 0.4) is 0 Å². The van der Waals surface area contributed by atoms with Crippen LogP contribution in [-0.4, -0.2) is 23.1 Å². The van der Waals surface area contributed by atoms with Gasteiger partial charge in [0, 0.05) is 18.0 Å². The Morgan fingerprint density at radius 1 is 1.39 bits per heavy atom. The zero-order valence-corrected chi connectivity index (χ0v) is 10.5. The molecule has 3 nitrogen and oxygen atoms in total. The maximum Gasteiger partial charge on any atom is 0.170 e. The van der Waals surface area contributed by atoms with Crippen molar-refractivity contribution < 1.29 is 8.91 Å². The van der Waals surface area contributed by atoms with Gasteiger partial charge in [0.1, 0.15) is 11.5 Å². The second-order valence-corrected chi connectivity index (χ2v) is 5.23. The number of piperidine rings is 1. The van der Waals surface area contributed by atoms with E-state index >= 15 is 0 Å². The van der Waals surface area contributed by atoms with Gasteiger partial charge in [0.25, 0.3) is 0 Å². The Kier molecular flexibility index (Phi) is 3.04. The van der Waals surface area contributed by atoms with Crippen LogP contribution < -0.4 is 0 Å². The molecule has 1 fully saturated rings. The highest BCUT2D eigenvalue weighted by atomic mass is 19.1. The average molecular weight is 248 g/mol. The van der Waals surface area contributed by atoms with Crippen molar-refractivity contribution in [3.8, 4) is 0 Å². The van der Waals surface area contributed by atoms with Crippen molar-refractivity contribution >= 4 is 11.0 Å². The third-order valence-corrected chi connectivity index (χ3v) is 3.76. The third-order valence-electron chi connectivity index (χ3n) is 3.76. The van der Waals surface area contributed by atoms with E-state index in [0.29, 0.717) is 5.58 Å². The van der Waals surface area contributed by atoms with Crippen LogP contribution in [0.25, 0.3) is 11.0 Å². The number of fused-ring (bicyclic) bond motifs is 1. The van der Waals surface area contributed by atoms with Gasteiger partial charge in [-0.2, -0.15) is 0 Å². The van der Waals surface area contributed by atoms with Crippen molar-refractivity contribution in [1.29, 1.82) is 0 Å². The van der Waals surface area contributed by atoms with Crippen molar-refractivity contribution in [2.24, 2.45) is 5.92 Å². The van der Waals surface area contributed by atoms with Crippen molar-refractivity contribution in [3.05, 3.63) is 29.7 Å². The smallest absolute Gasteiger partial charge is 0.170 e. The first-order valence-electron chi connectivity index (χ1n) is 6.48. The highest BCUT2D eigenvalue weighted by molar-refractivity contribution is 5.79. The van der Waals surface area contributed by atoms with E-state index < -0.39 is 0 Å². The minimum Gasteiger partial charge on any atom is -0.356 e. The number of benzene rings is 1. The van der Waals surface area contributed by atoms with E-state index in [0.717, 1.165) is 36.6 Å². The summed E-state index contributed by atoms with van der Waals surface area (Å²) in [5, 5.41) is 4.99. The summed E-state index contributed by atoms with van der Waals surface area (Å²) in [4.78, 5) is 2.39.